The van der Waals surface area contributed by atoms with Gasteiger partial charge in [0.05, 0.1) is 0 Å². The first-order valence-corrected chi connectivity index (χ1v) is 5.35. The Morgan fingerprint density at radius 2 is 2.21 bits per heavy atom. The zero-order chi connectivity index (χ0) is 10.7. The fraction of sp³-hybridized carbons (Fsp3) is 0.556. The quantitative estimate of drug-likeness (QED) is 0.736. The molecule has 0 bridgehead atoms. The Morgan fingerprint density at radius 3 is 2.71 bits per heavy atom. The maximum Gasteiger partial charge on any atom is 0.237 e. The monoisotopic (exact) mass is 213 g/mol. The van der Waals surface area contributed by atoms with Crippen molar-refractivity contribution in [1.29, 1.82) is 0 Å². The number of amides is 1. The highest BCUT2D eigenvalue weighted by atomic mass is 32.1. The van der Waals surface area contributed by atoms with Crippen LogP contribution in [0.15, 0.2) is 5.10 Å². The Bertz CT molecular complexity index is 403. The molecule has 5 heteroatoms. The number of aryl methyl sites for hydroxylation is 1. The van der Waals surface area contributed by atoms with Crippen LogP contribution in [0.2, 0.25) is 0 Å². The van der Waals surface area contributed by atoms with E-state index in [9.17, 15) is 4.79 Å². The van der Waals surface area contributed by atoms with E-state index in [1.54, 1.807) is 11.3 Å². The van der Waals surface area contributed by atoms with Crippen molar-refractivity contribution in [2.75, 3.05) is 0 Å². The van der Waals surface area contributed by atoms with Crippen molar-refractivity contribution in [1.82, 2.24) is 9.99 Å². The molecule has 0 aromatic carbocycles. The van der Waals surface area contributed by atoms with Crippen LogP contribution in [0.3, 0.4) is 0 Å². The molecular weight excluding hydrogens is 198 g/mol. The summed E-state index contributed by atoms with van der Waals surface area (Å²) in [5.74, 6) is -0.142. The summed E-state index contributed by atoms with van der Waals surface area (Å²) in [6.45, 7) is 8.49. The average Bonchev–Trinajstić information content (AvgIpc) is 2.39. The highest BCUT2D eigenvalue weighted by molar-refractivity contribution is 7.09. The molecule has 14 heavy (non-hydrogen) atoms. The molecule has 0 atom stereocenters. The van der Waals surface area contributed by atoms with Gasteiger partial charge >= 0.3 is 0 Å². The van der Waals surface area contributed by atoms with Crippen LogP contribution in [-0.2, 0) is 11.3 Å². The predicted molar refractivity (Wildman–Crippen MR) is 56.8 cm³/mol. The van der Waals surface area contributed by atoms with E-state index < -0.39 is 0 Å². The minimum atomic E-state index is -0.142. The smallest absolute Gasteiger partial charge is 0.237 e. The van der Waals surface area contributed by atoms with E-state index in [4.69, 9.17) is 0 Å². The van der Waals surface area contributed by atoms with Gasteiger partial charge in [0.1, 0.15) is 0 Å². The van der Waals surface area contributed by atoms with Crippen LogP contribution in [-0.4, -0.2) is 10.5 Å². The molecule has 0 unspecified atom stereocenters. The molecule has 0 aliphatic carbocycles. The molecule has 1 aromatic rings. The van der Waals surface area contributed by atoms with Crippen LogP contribution in [0.25, 0.3) is 0 Å². The lowest BCUT2D eigenvalue weighted by molar-refractivity contribution is -0.119. The van der Waals surface area contributed by atoms with Crippen LogP contribution in [0.4, 0.5) is 0 Å². The lowest BCUT2D eigenvalue weighted by atomic mass is 10.4. The van der Waals surface area contributed by atoms with Gasteiger partial charge in [0.25, 0.3) is 0 Å². The third-order valence-corrected chi connectivity index (χ3v) is 3.11. The number of carbonyl (C=O) groups excluding carboxylic acids is 1. The third kappa shape index (κ3) is 2.23. The number of rotatable bonds is 2. The summed E-state index contributed by atoms with van der Waals surface area (Å²) in [5.41, 5.74) is 3.66. The summed E-state index contributed by atoms with van der Waals surface area (Å²) in [6, 6.07) is 0. The summed E-state index contributed by atoms with van der Waals surface area (Å²) in [4.78, 5) is 12.8. The maximum absolute atomic E-state index is 10.7. The van der Waals surface area contributed by atoms with Crippen molar-refractivity contribution < 1.29 is 4.79 Å². The van der Waals surface area contributed by atoms with Gasteiger partial charge in [-0.1, -0.05) is 0 Å². The molecule has 4 nitrogen and oxygen atoms in total. The van der Waals surface area contributed by atoms with Gasteiger partial charge in [0, 0.05) is 24.0 Å². The molecule has 1 rings (SSSR count). The molecule has 0 aliphatic heterocycles. The first-order chi connectivity index (χ1) is 6.56. The second kappa shape index (κ2) is 4.41. The topological polar surface area (TPSA) is 46.4 Å². The minimum absolute atomic E-state index is 0.142. The van der Waals surface area contributed by atoms with Crippen molar-refractivity contribution in [2.45, 2.75) is 34.2 Å². The van der Waals surface area contributed by atoms with Crippen LogP contribution in [0.1, 0.15) is 24.4 Å². The molecule has 0 aliphatic rings. The maximum atomic E-state index is 10.7. The van der Waals surface area contributed by atoms with Crippen LogP contribution < -0.4 is 10.2 Å². The highest BCUT2D eigenvalue weighted by Gasteiger charge is 2.03. The standard InChI is InChI=1S/C9H15N3OS/c1-5-12-6(2)7(3)14-9(12)11-10-8(4)13/h5H2,1-4H3,(H,10,13)/b11-9-. The number of hydrogen-bond donors (Lipinski definition) is 1. The number of nitrogens with zero attached hydrogens (tertiary/aromatic N) is 2. The van der Waals surface area contributed by atoms with E-state index in [2.05, 4.69) is 35.9 Å². The molecule has 1 aromatic heterocycles. The first-order valence-electron chi connectivity index (χ1n) is 4.53. The van der Waals surface area contributed by atoms with Gasteiger partial charge in [-0.3, -0.25) is 4.79 Å². The molecule has 0 fully saturated rings. The molecule has 0 saturated heterocycles. The summed E-state index contributed by atoms with van der Waals surface area (Å²) in [5, 5.41) is 4.04. The lowest BCUT2D eigenvalue weighted by Gasteiger charge is -2.00. The van der Waals surface area contributed by atoms with Crippen LogP contribution in [0.5, 0.6) is 0 Å². The zero-order valence-corrected chi connectivity index (χ0v) is 9.73. The van der Waals surface area contributed by atoms with E-state index >= 15 is 0 Å². The summed E-state index contributed by atoms with van der Waals surface area (Å²) < 4.78 is 2.08. The Labute approximate surface area is 87.3 Å². The number of nitrogens with one attached hydrogen (secondary N) is 1. The number of aromatic nitrogens is 1. The summed E-state index contributed by atoms with van der Waals surface area (Å²) >= 11 is 1.59. The van der Waals surface area contributed by atoms with E-state index in [0.29, 0.717) is 0 Å². The van der Waals surface area contributed by atoms with Crippen LogP contribution in [0, 0.1) is 13.8 Å². The van der Waals surface area contributed by atoms with Crippen LogP contribution >= 0.6 is 11.3 Å². The van der Waals surface area contributed by atoms with Crippen molar-refractivity contribution in [3.63, 3.8) is 0 Å². The molecule has 1 amide bonds. The molecule has 1 N–H and O–H groups in total. The fourth-order valence-corrected chi connectivity index (χ4v) is 2.18. The third-order valence-electron chi connectivity index (χ3n) is 2.01. The second-order valence-electron chi connectivity index (χ2n) is 3.05. The van der Waals surface area contributed by atoms with Gasteiger partial charge in [-0.05, 0) is 20.8 Å². The molecule has 0 saturated carbocycles. The van der Waals surface area contributed by atoms with E-state index in [1.807, 2.05) is 0 Å². The number of thiazole rings is 1. The molecule has 1 heterocycles. The van der Waals surface area contributed by atoms with Crippen molar-refractivity contribution in [2.24, 2.45) is 5.10 Å². The van der Waals surface area contributed by atoms with E-state index in [-0.39, 0.29) is 5.91 Å². The molecule has 78 valence electrons. The minimum Gasteiger partial charge on any atom is -0.320 e. The predicted octanol–water partition coefficient (Wildman–Crippen LogP) is 1.14. The summed E-state index contributed by atoms with van der Waals surface area (Å²) in [6.07, 6.45) is 0. The SMILES string of the molecule is CCn1c(C)c(C)s/c1=N\NC(C)=O. The largest absolute Gasteiger partial charge is 0.320 e. The average molecular weight is 213 g/mol. The van der Waals surface area contributed by atoms with Gasteiger partial charge in [-0.25, -0.2) is 5.43 Å². The Hall–Kier alpha value is -1.10. The summed E-state index contributed by atoms with van der Waals surface area (Å²) in [7, 11) is 0. The van der Waals surface area contributed by atoms with Crippen molar-refractivity contribution in [3.05, 3.63) is 15.4 Å². The van der Waals surface area contributed by atoms with Crippen molar-refractivity contribution in [3.8, 4) is 0 Å². The van der Waals surface area contributed by atoms with E-state index in [1.165, 1.54) is 17.5 Å². The number of hydrogen-bond acceptors (Lipinski definition) is 3. The van der Waals surface area contributed by atoms with Gasteiger partial charge in [-0.2, -0.15) is 0 Å². The highest BCUT2D eigenvalue weighted by Crippen LogP contribution is 2.08. The normalized spacial score (nSPS) is 11.9. The zero-order valence-electron chi connectivity index (χ0n) is 8.92. The molecule has 0 radical (unpaired) electrons. The number of carbonyl (C=O) groups is 1. The van der Waals surface area contributed by atoms with Gasteiger partial charge in [-0.15, -0.1) is 16.4 Å². The molecule has 0 spiro atoms. The van der Waals surface area contributed by atoms with Gasteiger partial charge < -0.3 is 4.57 Å². The second-order valence-corrected chi connectivity index (χ2v) is 4.23. The Balaban J connectivity index is 3.14. The first kappa shape index (κ1) is 11.0. The van der Waals surface area contributed by atoms with Gasteiger partial charge in [0.15, 0.2) is 0 Å². The Morgan fingerprint density at radius 1 is 1.57 bits per heavy atom. The molecular formula is C9H15N3OS. The van der Waals surface area contributed by atoms with Crippen molar-refractivity contribution >= 4 is 17.2 Å². The lowest BCUT2D eigenvalue weighted by Crippen LogP contribution is -2.22. The van der Waals surface area contributed by atoms with Gasteiger partial charge in [0.2, 0.25) is 10.7 Å². The van der Waals surface area contributed by atoms with E-state index in [0.717, 1.165) is 11.3 Å². The fourth-order valence-electron chi connectivity index (χ4n) is 1.18. The Kier molecular flexibility index (Phi) is 3.46.